The molecule has 8 heteroatoms. The third-order valence-corrected chi connectivity index (χ3v) is 6.39. The molecular formula is C20H16N4O2S2. The molecule has 0 fully saturated rings. The number of hydrogen-bond acceptors (Lipinski definition) is 6. The second-order valence-electron chi connectivity index (χ2n) is 6.08. The topological polar surface area (TPSA) is 104 Å². The first-order valence-corrected chi connectivity index (χ1v) is 10.2. The molecule has 1 unspecified atom stereocenters. The molecule has 4 N–H and O–H groups in total. The summed E-state index contributed by atoms with van der Waals surface area (Å²) < 4.78 is 0.991. The van der Waals surface area contributed by atoms with E-state index >= 15 is 0 Å². The average molecular weight is 409 g/mol. The van der Waals surface area contributed by atoms with Gasteiger partial charge in [-0.2, -0.15) is 0 Å². The SMILES string of the molecule is NC(=O)C(Sc1nc2scc(-c3ccccc3)c2c(=O)n1N)c1ccccc1. The van der Waals surface area contributed by atoms with Crippen LogP contribution in [0.1, 0.15) is 10.8 Å². The van der Waals surface area contributed by atoms with Crippen LogP contribution in [0, 0.1) is 0 Å². The molecule has 1 atom stereocenters. The fourth-order valence-electron chi connectivity index (χ4n) is 2.92. The molecule has 2 heterocycles. The predicted octanol–water partition coefficient (Wildman–Crippen LogP) is 3.16. The molecule has 28 heavy (non-hydrogen) atoms. The van der Waals surface area contributed by atoms with Crippen molar-refractivity contribution in [2.45, 2.75) is 10.4 Å². The molecule has 0 radical (unpaired) electrons. The molecule has 0 saturated heterocycles. The summed E-state index contributed by atoms with van der Waals surface area (Å²) in [7, 11) is 0. The van der Waals surface area contributed by atoms with E-state index < -0.39 is 11.2 Å². The maximum Gasteiger partial charge on any atom is 0.282 e. The minimum atomic E-state index is -0.700. The average Bonchev–Trinajstić information content (AvgIpc) is 3.14. The van der Waals surface area contributed by atoms with Gasteiger partial charge in [0, 0.05) is 10.9 Å². The Kier molecular flexibility index (Phi) is 4.89. The number of fused-ring (bicyclic) bond motifs is 1. The highest BCUT2D eigenvalue weighted by Gasteiger charge is 2.23. The van der Waals surface area contributed by atoms with Gasteiger partial charge >= 0.3 is 0 Å². The van der Waals surface area contributed by atoms with E-state index in [2.05, 4.69) is 4.98 Å². The van der Waals surface area contributed by atoms with Crippen molar-refractivity contribution < 1.29 is 4.79 Å². The minimum Gasteiger partial charge on any atom is -0.368 e. The Balaban J connectivity index is 1.80. The van der Waals surface area contributed by atoms with Gasteiger partial charge in [-0.1, -0.05) is 72.4 Å². The monoisotopic (exact) mass is 408 g/mol. The lowest BCUT2D eigenvalue weighted by Gasteiger charge is -2.14. The van der Waals surface area contributed by atoms with Crippen LogP contribution >= 0.6 is 23.1 Å². The number of aromatic nitrogens is 2. The normalized spacial score (nSPS) is 12.1. The van der Waals surface area contributed by atoms with E-state index in [1.165, 1.54) is 11.3 Å². The Morgan fingerprint density at radius 3 is 2.36 bits per heavy atom. The first kappa shape index (κ1) is 18.3. The van der Waals surface area contributed by atoms with Crippen molar-refractivity contribution in [3.63, 3.8) is 0 Å². The summed E-state index contributed by atoms with van der Waals surface area (Å²) in [4.78, 5) is 30.1. The van der Waals surface area contributed by atoms with Crippen molar-refractivity contribution in [3.8, 4) is 11.1 Å². The lowest BCUT2D eigenvalue weighted by molar-refractivity contribution is -0.117. The number of amides is 1. The minimum absolute atomic E-state index is 0.242. The van der Waals surface area contributed by atoms with Gasteiger partial charge in [0.1, 0.15) is 10.1 Å². The van der Waals surface area contributed by atoms with E-state index in [1.807, 2.05) is 53.9 Å². The van der Waals surface area contributed by atoms with Gasteiger partial charge in [0.05, 0.1) is 5.39 Å². The van der Waals surface area contributed by atoms with Crippen LogP contribution in [0.15, 0.2) is 76.0 Å². The zero-order valence-corrected chi connectivity index (χ0v) is 16.2. The lowest BCUT2D eigenvalue weighted by atomic mass is 10.1. The molecule has 0 saturated carbocycles. The van der Waals surface area contributed by atoms with E-state index in [4.69, 9.17) is 11.6 Å². The fraction of sp³-hybridized carbons (Fsp3) is 0.0500. The predicted molar refractivity (Wildman–Crippen MR) is 114 cm³/mol. The molecule has 0 bridgehead atoms. The molecule has 1 amide bonds. The summed E-state index contributed by atoms with van der Waals surface area (Å²) in [5, 5.41) is 1.91. The van der Waals surface area contributed by atoms with Crippen LogP contribution in [-0.4, -0.2) is 15.6 Å². The number of rotatable bonds is 5. The zero-order chi connectivity index (χ0) is 19.7. The molecule has 140 valence electrons. The summed E-state index contributed by atoms with van der Waals surface area (Å²) >= 11 is 2.44. The molecule has 6 nitrogen and oxygen atoms in total. The molecule has 0 aliphatic carbocycles. The fourth-order valence-corrected chi connectivity index (χ4v) is 4.88. The Labute approximate surface area is 168 Å². The molecule has 0 aliphatic heterocycles. The van der Waals surface area contributed by atoms with Crippen molar-refractivity contribution in [2.75, 3.05) is 5.84 Å². The van der Waals surface area contributed by atoms with E-state index in [0.29, 0.717) is 10.2 Å². The second kappa shape index (κ2) is 7.49. The summed E-state index contributed by atoms with van der Waals surface area (Å²) in [6, 6.07) is 18.7. The molecule has 2 aromatic heterocycles. The summed E-state index contributed by atoms with van der Waals surface area (Å²) in [5.41, 5.74) is 7.67. The Hall–Kier alpha value is -3.10. The summed E-state index contributed by atoms with van der Waals surface area (Å²) in [5.74, 6) is 5.53. The van der Waals surface area contributed by atoms with Crippen molar-refractivity contribution in [1.82, 2.24) is 9.66 Å². The summed E-state index contributed by atoms with van der Waals surface area (Å²) in [6.45, 7) is 0. The number of thiophene rings is 1. The highest BCUT2D eigenvalue weighted by atomic mass is 32.2. The summed E-state index contributed by atoms with van der Waals surface area (Å²) in [6.07, 6.45) is 0. The van der Waals surface area contributed by atoms with Gasteiger partial charge < -0.3 is 11.6 Å². The van der Waals surface area contributed by atoms with Crippen LogP contribution in [0.3, 0.4) is 0 Å². The van der Waals surface area contributed by atoms with E-state index in [-0.39, 0.29) is 10.7 Å². The van der Waals surface area contributed by atoms with Crippen LogP contribution in [0.2, 0.25) is 0 Å². The third-order valence-electron chi connectivity index (χ3n) is 4.28. The lowest BCUT2D eigenvalue weighted by Crippen LogP contribution is -2.30. The van der Waals surface area contributed by atoms with Crippen LogP contribution in [0.5, 0.6) is 0 Å². The number of benzene rings is 2. The van der Waals surface area contributed by atoms with E-state index in [9.17, 15) is 9.59 Å². The quantitative estimate of drug-likeness (QED) is 0.300. The van der Waals surface area contributed by atoms with E-state index in [1.54, 1.807) is 12.1 Å². The first-order chi connectivity index (χ1) is 13.6. The second-order valence-corrected chi connectivity index (χ2v) is 8.01. The molecule has 4 aromatic rings. The largest absolute Gasteiger partial charge is 0.368 e. The number of carbonyl (C=O) groups is 1. The highest BCUT2D eigenvalue weighted by molar-refractivity contribution is 8.00. The number of carbonyl (C=O) groups excluding carboxylic acids is 1. The maximum atomic E-state index is 13.0. The molecule has 2 aromatic carbocycles. The van der Waals surface area contributed by atoms with Crippen molar-refractivity contribution >= 4 is 39.2 Å². The smallest absolute Gasteiger partial charge is 0.282 e. The number of hydrogen-bond donors (Lipinski definition) is 2. The van der Waals surface area contributed by atoms with Gasteiger partial charge in [0.2, 0.25) is 5.91 Å². The Morgan fingerprint density at radius 2 is 1.71 bits per heavy atom. The van der Waals surface area contributed by atoms with Crippen LogP contribution < -0.4 is 17.1 Å². The number of thioether (sulfide) groups is 1. The molecule has 4 rings (SSSR count). The Bertz CT molecular complexity index is 1200. The van der Waals surface area contributed by atoms with Crippen molar-refractivity contribution in [3.05, 3.63) is 82.0 Å². The molecule has 0 spiro atoms. The van der Waals surface area contributed by atoms with Gasteiger partial charge in [-0.3, -0.25) is 9.59 Å². The first-order valence-electron chi connectivity index (χ1n) is 8.42. The van der Waals surface area contributed by atoms with Crippen LogP contribution in [-0.2, 0) is 4.79 Å². The van der Waals surface area contributed by atoms with Crippen molar-refractivity contribution in [1.29, 1.82) is 0 Å². The number of nitrogens with zero attached hydrogens (tertiary/aromatic N) is 2. The zero-order valence-electron chi connectivity index (χ0n) is 14.6. The number of primary amides is 1. The molecular weight excluding hydrogens is 392 g/mol. The van der Waals surface area contributed by atoms with Gasteiger partial charge in [0.15, 0.2) is 5.16 Å². The Morgan fingerprint density at radius 1 is 1.07 bits per heavy atom. The maximum absolute atomic E-state index is 13.0. The molecule has 0 aliphatic rings. The van der Waals surface area contributed by atoms with Gasteiger partial charge in [0.25, 0.3) is 5.56 Å². The van der Waals surface area contributed by atoms with Gasteiger partial charge in [-0.05, 0) is 11.1 Å². The third kappa shape index (κ3) is 3.28. The number of nitrogen functional groups attached to an aromatic ring is 1. The van der Waals surface area contributed by atoms with Gasteiger partial charge in [-0.25, -0.2) is 9.66 Å². The van der Waals surface area contributed by atoms with Crippen LogP contribution in [0.4, 0.5) is 0 Å². The van der Waals surface area contributed by atoms with Crippen LogP contribution in [0.25, 0.3) is 21.3 Å². The van der Waals surface area contributed by atoms with Gasteiger partial charge in [-0.15, -0.1) is 11.3 Å². The highest BCUT2D eigenvalue weighted by Crippen LogP contribution is 2.36. The van der Waals surface area contributed by atoms with E-state index in [0.717, 1.165) is 33.1 Å². The van der Waals surface area contributed by atoms with Crippen molar-refractivity contribution in [2.24, 2.45) is 5.73 Å². The standard InChI is InChI=1S/C20H16N4O2S2/c21-17(25)16(13-9-5-2-6-10-13)28-20-23-18-15(19(26)24(20)22)14(11-27-18)12-7-3-1-4-8-12/h1-11,16H,22H2,(H2,21,25). The number of nitrogens with two attached hydrogens (primary N) is 2.